The molecule has 0 aromatic carbocycles. The molecule has 110 valence electrons. The summed E-state index contributed by atoms with van der Waals surface area (Å²) in [6, 6.07) is 0. The van der Waals surface area contributed by atoms with Gasteiger partial charge in [-0.25, -0.2) is 0 Å². The first-order valence-electron chi connectivity index (χ1n) is 8.31. The fraction of sp³-hybridized carbons (Fsp3) is 0.941. The fourth-order valence-corrected chi connectivity index (χ4v) is 3.81. The molecule has 2 heteroatoms. The first-order valence-corrected chi connectivity index (χ1v) is 8.31. The van der Waals surface area contributed by atoms with Gasteiger partial charge in [0.05, 0.1) is 5.54 Å². The summed E-state index contributed by atoms with van der Waals surface area (Å²) in [6.07, 6.45) is 9.92. The molecule has 2 rings (SSSR count). The van der Waals surface area contributed by atoms with E-state index in [4.69, 9.17) is 0 Å². The summed E-state index contributed by atoms with van der Waals surface area (Å²) in [5.41, 5.74) is -0.240. The maximum atomic E-state index is 12.9. The van der Waals surface area contributed by atoms with Crippen molar-refractivity contribution in [2.45, 2.75) is 77.7 Å². The number of nitrogens with zero attached hydrogens (tertiary/aromatic N) is 1. The van der Waals surface area contributed by atoms with E-state index in [0.29, 0.717) is 11.7 Å². The van der Waals surface area contributed by atoms with Crippen LogP contribution in [-0.4, -0.2) is 29.3 Å². The standard InChI is InChI=1S/C17H31NO/c1-14-8-10-15(11-9-14)16(19)17(2,3)18-12-6-4-5-7-13-18/h14-15H,4-13H2,1-3H3. The Bertz CT molecular complexity index is 294. The van der Waals surface area contributed by atoms with Crippen LogP contribution in [0.1, 0.15) is 72.1 Å². The van der Waals surface area contributed by atoms with Gasteiger partial charge < -0.3 is 0 Å². The Kier molecular flexibility index (Phi) is 5.05. The second kappa shape index (κ2) is 6.39. The molecule has 1 aliphatic heterocycles. The van der Waals surface area contributed by atoms with E-state index in [1.807, 2.05) is 0 Å². The molecule has 0 amide bonds. The molecule has 0 aromatic heterocycles. The zero-order chi connectivity index (χ0) is 13.9. The number of ketones is 1. The second-order valence-corrected chi connectivity index (χ2v) is 7.28. The van der Waals surface area contributed by atoms with Crippen LogP contribution >= 0.6 is 0 Å². The van der Waals surface area contributed by atoms with E-state index in [2.05, 4.69) is 25.7 Å². The summed E-state index contributed by atoms with van der Waals surface area (Å²) >= 11 is 0. The molecule has 1 saturated heterocycles. The number of likely N-dealkylation sites (tertiary alicyclic amines) is 1. The van der Waals surface area contributed by atoms with Crippen molar-refractivity contribution >= 4 is 5.78 Å². The Labute approximate surface area is 118 Å². The lowest BCUT2D eigenvalue weighted by Gasteiger charge is -2.40. The van der Waals surface area contributed by atoms with E-state index in [-0.39, 0.29) is 5.54 Å². The smallest absolute Gasteiger partial charge is 0.155 e. The summed E-state index contributed by atoms with van der Waals surface area (Å²) < 4.78 is 0. The summed E-state index contributed by atoms with van der Waals surface area (Å²) in [5.74, 6) is 1.67. The number of hydrogen-bond acceptors (Lipinski definition) is 2. The van der Waals surface area contributed by atoms with Gasteiger partial charge in [0.2, 0.25) is 0 Å². The van der Waals surface area contributed by atoms with Crippen LogP contribution in [0.3, 0.4) is 0 Å². The van der Waals surface area contributed by atoms with Gasteiger partial charge in [-0.1, -0.05) is 32.6 Å². The van der Waals surface area contributed by atoms with E-state index in [1.165, 1.54) is 38.5 Å². The summed E-state index contributed by atoms with van der Waals surface area (Å²) in [7, 11) is 0. The van der Waals surface area contributed by atoms with Crippen molar-refractivity contribution in [1.82, 2.24) is 4.90 Å². The normalized spacial score (nSPS) is 30.9. The third kappa shape index (κ3) is 3.59. The highest BCUT2D eigenvalue weighted by atomic mass is 16.1. The van der Waals surface area contributed by atoms with Gasteiger partial charge in [-0.15, -0.1) is 0 Å². The van der Waals surface area contributed by atoms with Crippen molar-refractivity contribution in [2.75, 3.05) is 13.1 Å². The van der Waals surface area contributed by atoms with E-state index in [9.17, 15) is 4.79 Å². The van der Waals surface area contributed by atoms with E-state index in [1.54, 1.807) is 0 Å². The van der Waals surface area contributed by atoms with Gasteiger partial charge in [0, 0.05) is 5.92 Å². The van der Waals surface area contributed by atoms with Gasteiger partial charge in [-0.2, -0.15) is 0 Å². The molecule has 19 heavy (non-hydrogen) atoms. The van der Waals surface area contributed by atoms with Gasteiger partial charge in [-0.3, -0.25) is 9.69 Å². The third-order valence-electron chi connectivity index (χ3n) is 5.39. The molecule has 1 heterocycles. The van der Waals surface area contributed by atoms with E-state index < -0.39 is 0 Å². The molecule has 0 spiro atoms. The quantitative estimate of drug-likeness (QED) is 0.767. The highest BCUT2D eigenvalue weighted by Gasteiger charge is 2.39. The van der Waals surface area contributed by atoms with Crippen molar-refractivity contribution in [2.24, 2.45) is 11.8 Å². The molecule has 2 fully saturated rings. The average molecular weight is 265 g/mol. The fourth-order valence-electron chi connectivity index (χ4n) is 3.81. The van der Waals surface area contributed by atoms with E-state index in [0.717, 1.165) is 31.8 Å². The second-order valence-electron chi connectivity index (χ2n) is 7.28. The molecule has 2 aliphatic rings. The van der Waals surface area contributed by atoms with Gasteiger partial charge >= 0.3 is 0 Å². The van der Waals surface area contributed by atoms with Gasteiger partial charge in [-0.05, 0) is 58.5 Å². The Morgan fingerprint density at radius 2 is 1.47 bits per heavy atom. The Morgan fingerprint density at radius 3 is 2.00 bits per heavy atom. The molecule has 2 nitrogen and oxygen atoms in total. The number of hydrogen-bond donors (Lipinski definition) is 0. The summed E-state index contributed by atoms with van der Waals surface area (Å²) in [6.45, 7) is 8.88. The molecule has 0 atom stereocenters. The van der Waals surface area contributed by atoms with Crippen molar-refractivity contribution in [3.63, 3.8) is 0 Å². The van der Waals surface area contributed by atoms with Crippen molar-refractivity contribution in [1.29, 1.82) is 0 Å². The predicted molar refractivity (Wildman–Crippen MR) is 80.2 cm³/mol. The number of carbonyl (C=O) groups is 1. The van der Waals surface area contributed by atoms with Crippen LogP contribution in [0, 0.1) is 11.8 Å². The molecule has 0 bridgehead atoms. The molecule has 1 aliphatic carbocycles. The lowest BCUT2D eigenvalue weighted by Crippen LogP contribution is -2.53. The lowest BCUT2D eigenvalue weighted by atomic mass is 9.76. The molecule has 1 saturated carbocycles. The first-order chi connectivity index (χ1) is 9.01. The minimum absolute atomic E-state index is 0.240. The zero-order valence-corrected chi connectivity index (χ0v) is 13.1. The zero-order valence-electron chi connectivity index (χ0n) is 13.1. The first kappa shape index (κ1) is 15.0. The highest BCUT2D eigenvalue weighted by Crippen LogP contribution is 2.33. The van der Waals surface area contributed by atoms with Crippen LogP contribution in [0.15, 0.2) is 0 Å². The molecular formula is C17H31NO. The summed E-state index contributed by atoms with van der Waals surface area (Å²) in [4.78, 5) is 15.4. The molecule has 0 N–H and O–H groups in total. The minimum atomic E-state index is -0.240. The topological polar surface area (TPSA) is 20.3 Å². The Morgan fingerprint density at radius 1 is 0.947 bits per heavy atom. The van der Waals surface area contributed by atoms with Crippen LogP contribution < -0.4 is 0 Å². The highest BCUT2D eigenvalue weighted by molar-refractivity contribution is 5.89. The third-order valence-corrected chi connectivity index (χ3v) is 5.39. The van der Waals surface area contributed by atoms with E-state index >= 15 is 0 Å². The maximum absolute atomic E-state index is 12.9. The molecule has 0 aromatic rings. The van der Waals surface area contributed by atoms with Crippen LogP contribution in [0.5, 0.6) is 0 Å². The average Bonchev–Trinajstić information content (AvgIpc) is 2.68. The number of Topliss-reactive ketones (excluding diaryl/α,β-unsaturated/α-hetero) is 1. The van der Waals surface area contributed by atoms with Gasteiger partial charge in [0.15, 0.2) is 5.78 Å². The van der Waals surface area contributed by atoms with Crippen LogP contribution in [-0.2, 0) is 4.79 Å². The maximum Gasteiger partial charge on any atom is 0.155 e. The van der Waals surface area contributed by atoms with Crippen LogP contribution in [0.25, 0.3) is 0 Å². The minimum Gasteiger partial charge on any atom is -0.297 e. The van der Waals surface area contributed by atoms with Gasteiger partial charge in [0.1, 0.15) is 0 Å². The Hall–Kier alpha value is -0.370. The van der Waals surface area contributed by atoms with Crippen molar-refractivity contribution in [3.8, 4) is 0 Å². The lowest BCUT2D eigenvalue weighted by molar-refractivity contribution is -0.134. The van der Waals surface area contributed by atoms with Crippen LogP contribution in [0.4, 0.5) is 0 Å². The monoisotopic (exact) mass is 265 g/mol. The number of carbonyl (C=O) groups excluding carboxylic acids is 1. The largest absolute Gasteiger partial charge is 0.297 e. The number of rotatable bonds is 3. The Balaban J connectivity index is 1.98. The van der Waals surface area contributed by atoms with Gasteiger partial charge in [0.25, 0.3) is 0 Å². The summed E-state index contributed by atoms with van der Waals surface area (Å²) in [5, 5.41) is 0. The van der Waals surface area contributed by atoms with Crippen LogP contribution in [0.2, 0.25) is 0 Å². The molecular weight excluding hydrogens is 234 g/mol. The van der Waals surface area contributed by atoms with Crippen molar-refractivity contribution in [3.05, 3.63) is 0 Å². The predicted octanol–water partition coefficient (Wildman–Crippen LogP) is 4.04. The van der Waals surface area contributed by atoms with Crippen molar-refractivity contribution < 1.29 is 4.79 Å². The molecule has 0 unspecified atom stereocenters. The SMILES string of the molecule is CC1CCC(C(=O)C(C)(C)N2CCCCCC2)CC1. The molecule has 0 radical (unpaired) electrons.